The van der Waals surface area contributed by atoms with E-state index in [0.29, 0.717) is 12.0 Å². The van der Waals surface area contributed by atoms with Crippen molar-refractivity contribution < 1.29 is 0 Å². The average molecular weight is 209 g/mol. The minimum Gasteiger partial charge on any atom is -0.301 e. The van der Waals surface area contributed by atoms with Crippen LogP contribution in [0, 0.1) is 5.92 Å². The number of allylic oxidation sites excluding steroid dienone is 2. The number of nitrogens with zero attached hydrogens (tertiary/aromatic N) is 1. The zero-order chi connectivity index (χ0) is 11.7. The molecule has 0 aromatic carbocycles. The summed E-state index contributed by atoms with van der Waals surface area (Å²) in [5.41, 5.74) is 0. The van der Waals surface area contributed by atoms with E-state index in [1.165, 1.54) is 19.4 Å². The minimum absolute atomic E-state index is 0.586. The van der Waals surface area contributed by atoms with Gasteiger partial charge in [-0.1, -0.05) is 26.0 Å². The van der Waals surface area contributed by atoms with E-state index in [-0.39, 0.29) is 0 Å². The second-order valence-electron chi connectivity index (χ2n) is 4.23. The molecule has 0 bridgehead atoms. The second kappa shape index (κ2) is 8.72. The predicted molar refractivity (Wildman–Crippen MR) is 70.1 cm³/mol. The molecule has 0 aliphatic carbocycles. The van der Waals surface area contributed by atoms with Crippen LogP contribution in [-0.4, -0.2) is 24.0 Å². The van der Waals surface area contributed by atoms with E-state index in [2.05, 4.69) is 44.9 Å². The van der Waals surface area contributed by atoms with E-state index in [1.807, 2.05) is 6.08 Å². The van der Waals surface area contributed by atoms with Gasteiger partial charge in [-0.15, -0.1) is 13.2 Å². The fraction of sp³-hybridized carbons (Fsp3) is 0.714. The van der Waals surface area contributed by atoms with E-state index < -0.39 is 0 Å². The molecule has 1 heteroatoms. The Morgan fingerprint density at radius 2 is 1.93 bits per heavy atom. The Balaban J connectivity index is 4.10. The lowest BCUT2D eigenvalue weighted by atomic mass is 9.96. The molecule has 0 aromatic heterocycles. The first kappa shape index (κ1) is 14.4. The SMILES string of the molecule is C=CCC(C=C)C[C@H](C)N(CC)CCC. The van der Waals surface area contributed by atoms with Crippen LogP contribution in [-0.2, 0) is 0 Å². The van der Waals surface area contributed by atoms with Crippen LogP contribution in [0.3, 0.4) is 0 Å². The first-order valence-corrected chi connectivity index (χ1v) is 6.17. The van der Waals surface area contributed by atoms with Crippen molar-refractivity contribution in [3.8, 4) is 0 Å². The summed E-state index contributed by atoms with van der Waals surface area (Å²) in [6.07, 6.45) is 7.55. The Morgan fingerprint density at radius 3 is 2.33 bits per heavy atom. The van der Waals surface area contributed by atoms with Crippen molar-refractivity contribution in [3.05, 3.63) is 25.3 Å². The standard InChI is InChI=1S/C14H27N/c1-6-10-14(8-3)12-13(5)15(9-4)11-7-2/h6,8,13-14H,1,3,7,9-12H2,2,4-5H3/t13-,14?/m0/s1. The molecule has 0 aliphatic rings. The normalized spacial score (nSPS) is 14.9. The maximum Gasteiger partial charge on any atom is 0.00725 e. The first-order chi connectivity index (χ1) is 7.19. The summed E-state index contributed by atoms with van der Waals surface area (Å²) in [4.78, 5) is 2.54. The quantitative estimate of drug-likeness (QED) is 0.521. The van der Waals surface area contributed by atoms with Crippen LogP contribution < -0.4 is 0 Å². The molecule has 15 heavy (non-hydrogen) atoms. The van der Waals surface area contributed by atoms with Gasteiger partial charge in [0.1, 0.15) is 0 Å². The van der Waals surface area contributed by atoms with Crippen LogP contribution in [0.4, 0.5) is 0 Å². The Labute approximate surface area is 95.9 Å². The van der Waals surface area contributed by atoms with E-state index in [4.69, 9.17) is 0 Å². The van der Waals surface area contributed by atoms with Crippen molar-refractivity contribution in [3.63, 3.8) is 0 Å². The van der Waals surface area contributed by atoms with Gasteiger partial charge in [-0.2, -0.15) is 0 Å². The van der Waals surface area contributed by atoms with Crippen LogP contribution in [0.5, 0.6) is 0 Å². The molecule has 0 saturated heterocycles. The smallest absolute Gasteiger partial charge is 0.00725 e. The highest BCUT2D eigenvalue weighted by Gasteiger charge is 2.14. The monoisotopic (exact) mass is 209 g/mol. The van der Waals surface area contributed by atoms with Gasteiger partial charge in [0.25, 0.3) is 0 Å². The lowest BCUT2D eigenvalue weighted by Gasteiger charge is -2.29. The van der Waals surface area contributed by atoms with Gasteiger partial charge in [0.15, 0.2) is 0 Å². The third-order valence-corrected chi connectivity index (χ3v) is 2.99. The minimum atomic E-state index is 0.586. The number of hydrogen-bond donors (Lipinski definition) is 0. The Bertz CT molecular complexity index is 174. The fourth-order valence-electron chi connectivity index (χ4n) is 2.07. The molecule has 1 unspecified atom stereocenters. The van der Waals surface area contributed by atoms with Crippen molar-refractivity contribution in [2.24, 2.45) is 5.92 Å². The summed E-state index contributed by atoms with van der Waals surface area (Å²) >= 11 is 0. The molecule has 88 valence electrons. The summed E-state index contributed by atoms with van der Waals surface area (Å²) in [6.45, 7) is 16.8. The van der Waals surface area contributed by atoms with Gasteiger partial charge >= 0.3 is 0 Å². The van der Waals surface area contributed by atoms with Crippen molar-refractivity contribution in [2.75, 3.05) is 13.1 Å². The summed E-state index contributed by atoms with van der Waals surface area (Å²) in [5.74, 6) is 0.586. The molecular formula is C14H27N. The molecule has 2 atom stereocenters. The highest BCUT2D eigenvalue weighted by molar-refractivity contribution is 4.87. The van der Waals surface area contributed by atoms with Gasteiger partial charge in [-0.05, 0) is 45.2 Å². The van der Waals surface area contributed by atoms with Crippen LogP contribution in [0.2, 0.25) is 0 Å². The molecule has 1 nitrogen and oxygen atoms in total. The molecule has 0 rings (SSSR count). The van der Waals surface area contributed by atoms with Gasteiger partial charge in [0.2, 0.25) is 0 Å². The van der Waals surface area contributed by atoms with E-state index in [1.54, 1.807) is 0 Å². The summed E-state index contributed by atoms with van der Waals surface area (Å²) < 4.78 is 0. The lowest BCUT2D eigenvalue weighted by Crippen LogP contribution is -2.34. The summed E-state index contributed by atoms with van der Waals surface area (Å²) in [6, 6.07) is 0.651. The van der Waals surface area contributed by atoms with Crippen LogP contribution in [0.25, 0.3) is 0 Å². The summed E-state index contributed by atoms with van der Waals surface area (Å²) in [5, 5.41) is 0. The molecule has 0 heterocycles. The van der Waals surface area contributed by atoms with Crippen LogP contribution in [0.15, 0.2) is 25.3 Å². The van der Waals surface area contributed by atoms with Crippen molar-refractivity contribution in [1.29, 1.82) is 0 Å². The maximum absolute atomic E-state index is 3.90. The van der Waals surface area contributed by atoms with Crippen molar-refractivity contribution in [1.82, 2.24) is 4.90 Å². The molecule has 0 fully saturated rings. The number of hydrogen-bond acceptors (Lipinski definition) is 1. The van der Waals surface area contributed by atoms with E-state index in [0.717, 1.165) is 13.0 Å². The number of rotatable bonds is 9. The van der Waals surface area contributed by atoms with Crippen molar-refractivity contribution in [2.45, 2.75) is 46.1 Å². The van der Waals surface area contributed by atoms with E-state index in [9.17, 15) is 0 Å². The first-order valence-electron chi connectivity index (χ1n) is 6.17. The van der Waals surface area contributed by atoms with Gasteiger partial charge in [-0.25, -0.2) is 0 Å². The molecular weight excluding hydrogens is 182 g/mol. The molecule has 0 saturated carbocycles. The zero-order valence-corrected chi connectivity index (χ0v) is 10.7. The van der Waals surface area contributed by atoms with E-state index >= 15 is 0 Å². The second-order valence-corrected chi connectivity index (χ2v) is 4.23. The molecule has 0 spiro atoms. The molecule has 0 N–H and O–H groups in total. The average Bonchev–Trinajstić information content (AvgIpc) is 2.24. The largest absolute Gasteiger partial charge is 0.301 e. The van der Waals surface area contributed by atoms with Gasteiger partial charge in [0.05, 0.1) is 0 Å². The molecule has 0 aliphatic heterocycles. The predicted octanol–water partition coefficient (Wildman–Crippen LogP) is 3.88. The Morgan fingerprint density at radius 1 is 1.27 bits per heavy atom. The molecule has 0 radical (unpaired) electrons. The Hall–Kier alpha value is -0.560. The fourth-order valence-corrected chi connectivity index (χ4v) is 2.07. The molecule has 0 aromatic rings. The summed E-state index contributed by atoms with van der Waals surface area (Å²) in [7, 11) is 0. The zero-order valence-electron chi connectivity index (χ0n) is 10.7. The van der Waals surface area contributed by atoms with Gasteiger partial charge in [-0.3, -0.25) is 0 Å². The third-order valence-electron chi connectivity index (χ3n) is 2.99. The Kier molecular flexibility index (Phi) is 8.40. The topological polar surface area (TPSA) is 3.24 Å². The van der Waals surface area contributed by atoms with Gasteiger partial charge < -0.3 is 4.90 Å². The lowest BCUT2D eigenvalue weighted by molar-refractivity contribution is 0.198. The highest BCUT2D eigenvalue weighted by atomic mass is 15.1. The van der Waals surface area contributed by atoms with Crippen LogP contribution >= 0.6 is 0 Å². The van der Waals surface area contributed by atoms with Crippen LogP contribution in [0.1, 0.15) is 40.0 Å². The van der Waals surface area contributed by atoms with Gasteiger partial charge in [0, 0.05) is 6.04 Å². The highest BCUT2D eigenvalue weighted by Crippen LogP contribution is 2.16. The molecule has 0 amide bonds. The maximum atomic E-state index is 3.90. The van der Waals surface area contributed by atoms with Crippen molar-refractivity contribution >= 4 is 0 Å². The third kappa shape index (κ3) is 5.78.